The van der Waals surface area contributed by atoms with Crippen molar-refractivity contribution in [1.82, 2.24) is 0 Å². The van der Waals surface area contributed by atoms with Crippen molar-refractivity contribution < 1.29 is 23.9 Å². The van der Waals surface area contributed by atoms with Gasteiger partial charge in [0.05, 0.1) is 17.2 Å². The molecular weight excluding hydrogens is 358 g/mol. The highest BCUT2D eigenvalue weighted by Crippen LogP contribution is 2.15. The first-order chi connectivity index (χ1) is 13.3. The fourth-order valence-corrected chi connectivity index (χ4v) is 2.39. The molecule has 0 aliphatic carbocycles. The van der Waals surface area contributed by atoms with E-state index < -0.39 is 24.5 Å². The summed E-state index contributed by atoms with van der Waals surface area (Å²) in [4.78, 5) is 35.8. The maximum Gasteiger partial charge on any atom is 0.338 e. The minimum atomic E-state index is -0.558. The van der Waals surface area contributed by atoms with E-state index in [0.29, 0.717) is 22.7 Å². The Morgan fingerprint density at radius 3 is 1.89 bits per heavy atom. The van der Waals surface area contributed by atoms with Crippen LogP contribution in [-0.4, -0.2) is 30.6 Å². The van der Waals surface area contributed by atoms with E-state index in [1.165, 1.54) is 0 Å². The zero-order chi connectivity index (χ0) is 20.7. The number of ether oxygens (including phenoxy) is 2. The Morgan fingerprint density at radius 1 is 0.821 bits per heavy atom. The van der Waals surface area contributed by atoms with Crippen LogP contribution in [0.3, 0.4) is 0 Å². The molecule has 0 fully saturated rings. The second-order valence-electron chi connectivity index (χ2n) is 6.93. The Labute approximate surface area is 164 Å². The Hall–Kier alpha value is -3.15. The lowest BCUT2D eigenvalue weighted by atomic mass is 10.0. The maximum absolute atomic E-state index is 12.0. The number of hydrogen-bond donors (Lipinski definition) is 1. The summed E-state index contributed by atoms with van der Waals surface area (Å²) in [6.45, 7) is 7.27. The molecule has 1 amide bonds. The van der Waals surface area contributed by atoms with Gasteiger partial charge in [-0.15, -0.1) is 0 Å². The fourth-order valence-electron chi connectivity index (χ4n) is 2.39. The lowest BCUT2D eigenvalue weighted by molar-refractivity contribution is -0.119. The highest BCUT2D eigenvalue weighted by molar-refractivity contribution is 5.96. The molecule has 2 aromatic rings. The molecule has 0 saturated carbocycles. The molecule has 0 aliphatic rings. The van der Waals surface area contributed by atoms with Crippen LogP contribution in [0.5, 0.6) is 0 Å². The van der Waals surface area contributed by atoms with Crippen molar-refractivity contribution in [2.75, 3.05) is 11.9 Å². The monoisotopic (exact) mass is 383 g/mol. The number of carbonyl (C=O) groups is 3. The largest absolute Gasteiger partial charge is 0.459 e. The first kappa shape index (κ1) is 21.2. The molecule has 1 N–H and O–H groups in total. The van der Waals surface area contributed by atoms with Crippen LogP contribution in [0.1, 0.15) is 59.9 Å². The van der Waals surface area contributed by atoms with Crippen LogP contribution in [0.2, 0.25) is 0 Å². The van der Waals surface area contributed by atoms with Crippen molar-refractivity contribution in [3.8, 4) is 0 Å². The van der Waals surface area contributed by atoms with Crippen LogP contribution in [0, 0.1) is 0 Å². The molecule has 6 nitrogen and oxygen atoms in total. The minimum absolute atomic E-state index is 0.205. The van der Waals surface area contributed by atoms with Crippen molar-refractivity contribution in [2.45, 2.75) is 39.7 Å². The van der Waals surface area contributed by atoms with Gasteiger partial charge in [0.2, 0.25) is 0 Å². The summed E-state index contributed by atoms with van der Waals surface area (Å²) < 4.78 is 10.1. The van der Waals surface area contributed by atoms with Gasteiger partial charge in [-0.25, -0.2) is 9.59 Å². The van der Waals surface area contributed by atoms with Crippen LogP contribution in [0.25, 0.3) is 0 Å². The number of rotatable bonds is 7. The van der Waals surface area contributed by atoms with E-state index in [1.54, 1.807) is 50.2 Å². The van der Waals surface area contributed by atoms with Crippen LogP contribution < -0.4 is 5.32 Å². The summed E-state index contributed by atoms with van der Waals surface area (Å²) >= 11 is 0. The lowest BCUT2D eigenvalue weighted by Gasteiger charge is -2.10. The second kappa shape index (κ2) is 9.69. The summed E-state index contributed by atoms with van der Waals surface area (Å²) in [5.74, 6) is -1.08. The Kier molecular flexibility index (Phi) is 7.32. The van der Waals surface area contributed by atoms with E-state index in [1.807, 2.05) is 12.1 Å². The highest BCUT2D eigenvalue weighted by atomic mass is 16.5. The van der Waals surface area contributed by atoms with Crippen LogP contribution in [0.4, 0.5) is 5.69 Å². The quantitative estimate of drug-likeness (QED) is 0.726. The van der Waals surface area contributed by atoms with Crippen LogP contribution in [0.15, 0.2) is 48.5 Å². The molecule has 0 atom stereocenters. The van der Waals surface area contributed by atoms with E-state index in [9.17, 15) is 14.4 Å². The van der Waals surface area contributed by atoms with Gasteiger partial charge in [-0.1, -0.05) is 26.0 Å². The molecule has 28 heavy (non-hydrogen) atoms. The average molecular weight is 383 g/mol. The molecule has 2 aromatic carbocycles. The summed E-state index contributed by atoms with van der Waals surface area (Å²) in [5.41, 5.74) is 2.40. The van der Waals surface area contributed by atoms with Gasteiger partial charge in [-0.05, 0) is 61.7 Å². The minimum Gasteiger partial charge on any atom is -0.459 e. The lowest BCUT2D eigenvalue weighted by Crippen LogP contribution is -2.21. The van der Waals surface area contributed by atoms with Gasteiger partial charge in [0.15, 0.2) is 6.61 Å². The third-order valence-corrected chi connectivity index (χ3v) is 3.89. The Morgan fingerprint density at radius 2 is 1.36 bits per heavy atom. The van der Waals surface area contributed by atoms with Crippen LogP contribution in [-0.2, 0) is 14.3 Å². The molecule has 0 unspecified atom stereocenters. The number of hydrogen-bond acceptors (Lipinski definition) is 5. The van der Waals surface area contributed by atoms with Crippen molar-refractivity contribution in [2.24, 2.45) is 0 Å². The SMILES string of the molecule is CC(C)OC(=O)c1ccc(NC(=O)COC(=O)c2ccc(C(C)C)cc2)cc1. The molecule has 0 aromatic heterocycles. The van der Waals surface area contributed by atoms with Crippen molar-refractivity contribution in [1.29, 1.82) is 0 Å². The van der Waals surface area contributed by atoms with Gasteiger partial charge in [0, 0.05) is 5.69 Å². The van der Waals surface area contributed by atoms with Gasteiger partial charge < -0.3 is 14.8 Å². The number of esters is 2. The first-order valence-electron chi connectivity index (χ1n) is 9.14. The first-order valence-corrected chi connectivity index (χ1v) is 9.14. The standard InChI is InChI=1S/C22H25NO5/c1-14(2)16-5-7-17(8-6-16)21(25)27-13-20(24)23-19-11-9-18(10-12-19)22(26)28-15(3)4/h5-12,14-15H,13H2,1-4H3,(H,23,24). The van der Waals surface area contributed by atoms with Gasteiger partial charge in [-0.2, -0.15) is 0 Å². The molecule has 2 rings (SSSR count). The predicted molar refractivity (Wildman–Crippen MR) is 106 cm³/mol. The van der Waals surface area contributed by atoms with E-state index in [2.05, 4.69) is 19.2 Å². The molecular formula is C22H25NO5. The molecule has 0 saturated heterocycles. The van der Waals surface area contributed by atoms with E-state index in [4.69, 9.17) is 9.47 Å². The maximum atomic E-state index is 12.0. The topological polar surface area (TPSA) is 81.7 Å². The van der Waals surface area contributed by atoms with E-state index in [0.717, 1.165) is 5.56 Å². The van der Waals surface area contributed by atoms with E-state index in [-0.39, 0.29) is 6.10 Å². The summed E-state index contributed by atoms with van der Waals surface area (Å²) in [6, 6.07) is 13.4. The molecule has 0 heterocycles. The molecule has 0 spiro atoms. The number of benzene rings is 2. The van der Waals surface area contributed by atoms with Gasteiger partial charge in [0.1, 0.15) is 0 Å². The summed E-state index contributed by atoms with van der Waals surface area (Å²) in [5, 5.41) is 2.61. The number of amides is 1. The number of nitrogens with one attached hydrogen (secondary N) is 1. The zero-order valence-electron chi connectivity index (χ0n) is 16.5. The average Bonchev–Trinajstić information content (AvgIpc) is 2.66. The Bertz CT molecular complexity index is 823. The van der Waals surface area contributed by atoms with Crippen LogP contribution >= 0.6 is 0 Å². The van der Waals surface area contributed by atoms with Crippen molar-refractivity contribution in [3.05, 3.63) is 65.2 Å². The van der Waals surface area contributed by atoms with Gasteiger partial charge >= 0.3 is 11.9 Å². The molecule has 0 bridgehead atoms. The van der Waals surface area contributed by atoms with Crippen molar-refractivity contribution >= 4 is 23.5 Å². The predicted octanol–water partition coefficient (Wildman–Crippen LogP) is 4.17. The van der Waals surface area contributed by atoms with Gasteiger partial charge in [-0.3, -0.25) is 4.79 Å². The van der Waals surface area contributed by atoms with Crippen molar-refractivity contribution in [3.63, 3.8) is 0 Å². The summed E-state index contributed by atoms with van der Waals surface area (Å²) in [7, 11) is 0. The third kappa shape index (κ3) is 6.23. The number of anilines is 1. The zero-order valence-corrected chi connectivity index (χ0v) is 16.5. The highest BCUT2D eigenvalue weighted by Gasteiger charge is 2.12. The third-order valence-electron chi connectivity index (χ3n) is 3.89. The molecule has 0 radical (unpaired) electrons. The molecule has 6 heteroatoms. The van der Waals surface area contributed by atoms with Gasteiger partial charge in [0.25, 0.3) is 5.91 Å². The molecule has 0 aliphatic heterocycles. The summed E-state index contributed by atoms with van der Waals surface area (Å²) in [6.07, 6.45) is -0.205. The van der Waals surface area contributed by atoms with E-state index >= 15 is 0 Å². The normalized spacial score (nSPS) is 10.6. The molecule has 148 valence electrons. The second-order valence-corrected chi connectivity index (χ2v) is 6.93. The number of carbonyl (C=O) groups excluding carboxylic acids is 3. The fraction of sp³-hybridized carbons (Fsp3) is 0.318. The Balaban J connectivity index is 1.85. The smallest absolute Gasteiger partial charge is 0.338 e.